The van der Waals surface area contributed by atoms with Crippen molar-refractivity contribution in [1.82, 2.24) is 10.2 Å². The summed E-state index contributed by atoms with van der Waals surface area (Å²) in [5.41, 5.74) is 2.22. The molecule has 2 aromatic rings. The summed E-state index contributed by atoms with van der Waals surface area (Å²) in [6.45, 7) is 7.68. The first-order chi connectivity index (χ1) is 16.3. The van der Waals surface area contributed by atoms with E-state index in [0.717, 1.165) is 21.7 Å². The Hall–Kier alpha value is -2.29. The van der Waals surface area contributed by atoms with Crippen LogP contribution >= 0.6 is 23.2 Å². The van der Waals surface area contributed by atoms with Gasteiger partial charge in [0.2, 0.25) is 21.8 Å². The molecule has 2 aromatic carbocycles. The molecule has 0 aliphatic rings. The predicted molar refractivity (Wildman–Crippen MR) is 142 cm³/mol. The lowest BCUT2D eigenvalue weighted by Gasteiger charge is -2.30. The Labute approximate surface area is 218 Å². The SMILES string of the molecule is Cc1cccc(CN(C(=O)CCCN(c2cc(Cl)ccc2Cl)S(C)(=O)=O)C(C)C(=O)NC(C)C)c1. The van der Waals surface area contributed by atoms with Crippen molar-refractivity contribution in [3.63, 3.8) is 0 Å². The summed E-state index contributed by atoms with van der Waals surface area (Å²) in [4.78, 5) is 27.5. The molecule has 0 radical (unpaired) electrons. The molecule has 1 unspecified atom stereocenters. The maximum absolute atomic E-state index is 13.3. The van der Waals surface area contributed by atoms with Crippen LogP contribution in [0.3, 0.4) is 0 Å². The van der Waals surface area contributed by atoms with Gasteiger partial charge in [-0.2, -0.15) is 0 Å². The van der Waals surface area contributed by atoms with Gasteiger partial charge >= 0.3 is 0 Å². The number of benzene rings is 2. The van der Waals surface area contributed by atoms with E-state index >= 15 is 0 Å². The molecule has 0 bridgehead atoms. The van der Waals surface area contributed by atoms with Gasteiger partial charge in [0.25, 0.3) is 0 Å². The van der Waals surface area contributed by atoms with Gasteiger partial charge in [-0.05, 0) is 57.9 Å². The number of aryl methyl sites for hydroxylation is 1. The molecule has 0 aliphatic carbocycles. The molecule has 0 fully saturated rings. The van der Waals surface area contributed by atoms with E-state index < -0.39 is 16.1 Å². The van der Waals surface area contributed by atoms with Gasteiger partial charge in [-0.15, -0.1) is 0 Å². The first-order valence-corrected chi connectivity index (χ1v) is 14.0. The highest BCUT2D eigenvalue weighted by atomic mass is 35.5. The van der Waals surface area contributed by atoms with E-state index in [0.29, 0.717) is 5.02 Å². The summed E-state index contributed by atoms with van der Waals surface area (Å²) in [5.74, 6) is -0.493. The summed E-state index contributed by atoms with van der Waals surface area (Å²) in [7, 11) is -3.67. The fourth-order valence-electron chi connectivity index (χ4n) is 3.65. The van der Waals surface area contributed by atoms with E-state index in [2.05, 4.69) is 5.32 Å². The van der Waals surface area contributed by atoms with Crippen molar-refractivity contribution in [3.8, 4) is 0 Å². The molecule has 0 saturated carbocycles. The van der Waals surface area contributed by atoms with Gasteiger partial charge in [0.15, 0.2) is 0 Å². The number of hydrogen-bond donors (Lipinski definition) is 1. The molecular weight excluding hydrogens is 509 g/mol. The standard InChI is InChI=1S/C25H33Cl2N3O4S/c1-17(2)28-25(32)19(4)29(16-20-9-6-8-18(3)14-20)24(31)10-7-13-30(35(5,33)34)23-15-21(26)11-12-22(23)27/h6,8-9,11-12,14-15,17,19H,7,10,13,16H2,1-5H3,(H,28,32). The Morgan fingerprint density at radius 3 is 2.34 bits per heavy atom. The van der Waals surface area contributed by atoms with Crippen LogP contribution in [0.15, 0.2) is 42.5 Å². The monoisotopic (exact) mass is 541 g/mol. The molecule has 2 rings (SSSR count). The Bertz CT molecular complexity index is 1160. The summed E-state index contributed by atoms with van der Waals surface area (Å²) in [6.07, 6.45) is 1.36. The third-order valence-corrected chi connectivity index (χ3v) is 7.10. The molecule has 7 nitrogen and oxygen atoms in total. The molecule has 10 heteroatoms. The molecule has 0 spiro atoms. The lowest BCUT2D eigenvalue weighted by molar-refractivity contribution is -0.140. The highest BCUT2D eigenvalue weighted by Gasteiger charge is 2.27. The number of carbonyl (C=O) groups excluding carboxylic acids is 2. The number of nitrogens with one attached hydrogen (secondary N) is 1. The van der Waals surface area contributed by atoms with Crippen LogP contribution in [0.4, 0.5) is 5.69 Å². The lowest BCUT2D eigenvalue weighted by atomic mass is 10.1. The molecule has 192 valence electrons. The number of anilines is 1. The number of rotatable bonds is 11. The fraction of sp³-hybridized carbons (Fsp3) is 0.440. The topological polar surface area (TPSA) is 86.8 Å². The summed E-state index contributed by atoms with van der Waals surface area (Å²) in [6, 6.07) is 11.6. The van der Waals surface area contributed by atoms with E-state index in [-0.39, 0.29) is 54.5 Å². The van der Waals surface area contributed by atoms with Crippen LogP contribution in [0.1, 0.15) is 44.7 Å². The van der Waals surface area contributed by atoms with Crippen LogP contribution in [0.5, 0.6) is 0 Å². The number of carbonyl (C=O) groups is 2. The van der Waals surface area contributed by atoms with Crippen LogP contribution in [0, 0.1) is 6.92 Å². The van der Waals surface area contributed by atoms with Crippen molar-refractivity contribution in [3.05, 3.63) is 63.6 Å². The number of hydrogen-bond acceptors (Lipinski definition) is 4. The number of halogens is 2. The lowest BCUT2D eigenvalue weighted by Crippen LogP contribution is -2.49. The molecule has 0 saturated heterocycles. The molecule has 1 atom stereocenters. The van der Waals surface area contributed by atoms with Gasteiger partial charge in [-0.25, -0.2) is 8.42 Å². The molecule has 35 heavy (non-hydrogen) atoms. The zero-order valence-corrected chi connectivity index (χ0v) is 23.0. The summed E-state index contributed by atoms with van der Waals surface area (Å²) in [5, 5.41) is 3.45. The minimum atomic E-state index is -3.67. The van der Waals surface area contributed by atoms with E-state index in [4.69, 9.17) is 23.2 Å². The van der Waals surface area contributed by atoms with Gasteiger partial charge < -0.3 is 10.2 Å². The van der Waals surface area contributed by atoms with Crippen LogP contribution in [-0.2, 0) is 26.2 Å². The average molecular weight is 543 g/mol. The Balaban J connectivity index is 2.21. The number of sulfonamides is 1. The highest BCUT2D eigenvalue weighted by Crippen LogP contribution is 2.31. The first kappa shape index (κ1) is 28.9. The minimum Gasteiger partial charge on any atom is -0.352 e. The Morgan fingerprint density at radius 2 is 1.74 bits per heavy atom. The Kier molecular flexibility index (Phi) is 10.4. The second-order valence-corrected chi connectivity index (χ2v) is 11.6. The van der Waals surface area contributed by atoms with Crippen molar-refractivity contribution in [1.29, 1.82) is 0 Å². The molecule has 0 aromatic heterocycles. The maximum atomic E-state index is 13.3. The molecule has 1 N–H and O–H groups in total. The van der Waals surface area contributed by atoms with Crippen LogP contribution in [0.25, 0.3) is 0 Å². The van der Waals surface area contributed by atoms with Crippen molar-refractivity contribution in [2.24, 2.45) is 0 Å². The van der Waals surface area contributed by atoms with Crippen LogP contribution in [0.2, 0.25) is 10.0 Å². The minimum absolute atomic E-state index is 0.0372. The van der Waals surface area contributed by atoms with Gasteiger partial charge in [-0.1, -0.05) is 53.0 Å². The number of nitrogens with zero attached hydrogens (tertiary/aromatic N) is 2. The van der Waals surface area contributed by atoms with E-state index in [1.165, 1.54) is 17.0 Å². The predicted octanol–water partition coefficient (Wildman–Crippen LogP) is 4.79. The smallest absolute Gasteiger partial charge is 0.242 e. The van der Waals surface area contributed by atoms with Gasteiger partial charge in [0.05, 0.1) is 17.0 Å². The first-order valence-electron chi connectivity index (χ1n) is 11.4. The molecular formula is C25H33Cl2N3O4S. The van der Waals surface area contributed by atoms with Crippen molar-refractivity contribution >= 4 is 50.7 Å². The van der Waals surface area contributed by atoms with Crippen LogP contribution in [-0.4, -0.2) is 50.0 Å². The van der Waals surface area contributed by atoms with Crippen LogP contribution < -0.4 is 9.62 Å². The second-order valence-electron chi connectivity index (χ2n) is 8.88. The molecule has 0 heterocycles. The van der Waals surface area contributed by atoms with E-state index in [1.807, 2.05) is 45.0 Å². The number of amides is 2. The highest BCUT2D eigenvalue weighted by molar-refractivity contribution is 7.92. The maximum Gasteiger partial charge on any atom is 0.242 e. The third-order valence-electron chi connectivity index (χ3n) is 5.36. The van der Waals surface area contributed by atoms with Crippen molar-refractivity contribution in [2.45, 2.75) is 59.2 Å². The second kappa shape index (κ2) is 12.6. The zero-order valence-electron chi connectivity index (χ0n) is 20.7. The largest absolute Gasteiger partial charge is 0.352 e. The van der Waals surface area contributed by atoms with Gasteiger partial charge in [-0.3, -0.25) is 13.9 Å². The Morgan fingerprint density at radius 1 is 1.06 bits per heavy atom. The zero-order chi connectivity index (χ0) is 26.3. The molecule has 0 aliphatic heterocycles. The van der Waals surface area contributed by atoms with E-state index in [1.54, 1.807) is 13.0 Å². The third kappa shape index (κ3) is 8.70. The van der Waals surface area contributed by atoms with Gasteiger partial charge in [0.1, 0.15) is 6.04 Å². The van der Waals surface area contributed by atoms with Gasteiger partial charge in [0, 0.05) is 30.6 Å². The van der Waals surface area contributed by atoms with Crippen molar-refractivity contribution < 1.29 is 18.0 Å². The fourth-order valence-corrected chi connectivity index (χ4v) is 5.06. The summed E-state index contributed by atoms with van der Waals surface area (Å²) < 4.78 is 26.1. The van der Waals surface area contributed by atoms with E-state index in [9.17, 15) is 18.0 Å². The van der Waals surface area contributed by atoms with Crippen molar-refractivity contribution in [2.75, 3.05) is 17.1 Å². The quantitative estimate of drug-likeness (QED) is 0.443. The average Bonchev–Trinajstić information content (AvgIpc) is 2.75. The summed E-state index contributed by atoms with van der Waals surface area (Å²) >= 11 is 12.3. The normalized spacial score (nSPS) is 12.3. The molecule has 2 amide bonds.